The molecule has 0 fully saturated rings. The predicted molar refractivity (Wildman–Crippen MR) is 57.0 cm³/mol. The van der Waals surface area contributed by atoms with E-state index < -0.39 is 0 Å². The molecule has 2 aromatic rings. The molecule has 2 rings (SSSR count). The van der Waals surface area contributed by atoms with Crippen LogP contribution in [-0.2, 0) is 13.2 Å². The van der Waals surface area contributed by atoms with Crippen molar-refractivity contribution in [3.05, 3.63) is 22.5 Å². The Hall–Kier alpha value is -1.14. The van der Waals surface area contributed by atoms with Crippen LogP contribution in [0.4, 0.5) is 0 Å². The van der Waals surface area contributed by atoms with Gasteiger partial charge in [0.05, 0.1) is 6.61 Å². The summed E-state index contributed by atoms with van der Waals surface area (Å²) in [5.41, 5.74) is 1.25. The highest BCUT2D eigenvalue weighted by atomic mass is 79.9. The Balaban J connectivity index is 2.53. The van der Waals surface area contributed by atoms with Gasteiger partial charge >= 0.3 is 0 Å². The molecule has 0 amide bonds. The fraction of sp³-hybridized carbons (Fsp3) is 0.333. The van der Waals surface area contributed by atoms with Crippen molar-refractivity contribution >= 4 is 15.9 Å². The lowest BCUT2D eigenvalue weighted by molar-refractivity contribution is 0.277. The second-order valence-corrected chi connectivity index (χ2v) is 3.74. The van der Waals surface area contributed by atoms with Gasteiger partial charge < -0.3 is 9.52 Å². The Morgan fingerprint density at radius 2 is 2.33 bits per heavy atom. The number of furan rings is 1. The molecule has 0 bridgehead atoms. The third kappa shape index (κ3) is 1.82. The summed E-state index contributed by atoms with van der Waals surface area (Å²) >= 11 is 3.23. The van der Waals surface area contributed by atoms with Crippen LogP contribution in [0.15, 0.2) is 21.2 Å². The van der Waals surface area contributed by atoms with E-state index in [1.54, 1.807) is 10.7 Å². The highest BCUT2D eigenvalue weighted by molar-refractivity contribution is 9.10. The fourth-order valence-corrected chi connectivity index (χ4v) is 1.69. The summed E-state index contributed by atoms with van der Waals surface area (Å²) < 4.78 is 7.75. The van der Waals surface area contributed by atoms with Crippen molar-refractivity contribution in [2.24, 2.45) is 0 Å². The summed E-state index contributed by atoms with van der Waals surface area (Å²) in [7, 11) is 0. The van der Waals surface area contributed by atoms with Gasteiger partial charge in [-0.25, -0.2) is 4.68 Å². The standard InChI is InChI=1S/C9H10BrN3O2/c1-2-13-9(6(5-14)11-12-13)7-3-4-8(10)15-7/h3-4,14H,2,5H2,1H3. The van der Waals surface area contributed by atoms with Gasteiger partial charge in [0, 0.05) is 6.54 Å². The van der Waals surface area contributed by atoms with Gasteiger partial charge in [0.2, 0.25) is 0 Å². The minimum absolute atomic E-state index is 0.145. The molecule has 0 saturated heterocycles. The van der Waals surface area contributed by atoms with Crippen molar-refractivity contribution in [2.45, 2.75) is 20.1 Å². The van der Waals surface area contributed by atoms with Crippen molar-refractivity contribution in [1.82, 2.24) is 15.0 Å². The normalized spacial score (nSPS) is 10.9. The quantitative estimate of drug-likeness (QED) is 0.925. The summed E-state index contributed by atoms with van der Waals surface area (Å²) in [4.78, 5) is 0. The Labute approximate surface area is 94.8 Å². The molecule has 0 radical (unpaired) electrons. The van der Waals surface area contributed by atoms with Gasteiger partial charge in [-0.3, -0.25) is 0 Å². The van der Waals surface area contributed by atoms with Gasteiger partial charge in [-0.05, 0) is 35.0 Å². The number of halogens is 1. The summed E-state index contributed by atoms with van der Waals surface area (Å²) in [6.07, 6.45) is 0. The van der Waals surface area contributed by atoms with Crippen molar-refractivity contribution in [3.63, 3.8) is 0 Å². The van der Waals surface area contributed by atoms with Crippen molar-refractivity contribution in [1.29, 1.82) is 0 Å². The molecule has 2 heterocycles. The lowest BCUT2D eigenvalue weighted by atomic mass is 10.2. The Morgan fingerprint density at radius 3 is 2.87 bits per heavy atom. The zero-order chi connectivity index (χ0) is 10.8. The molecule has 0 aliphatic heterocycles. The molecule has 0 saturated carbocycles. The minimum Gasteiger partial charge on any atom is -0.448 e. The lowest BCUT2D eigenvalue weighted by Crippen LogP contribution is -1.99. The highest BCUT2D eigenvalue weighted by Gasteiger charge is 2.16. The van der Waals surface area contributed by atoms with E-state index in [-0.39, 0.29) is 6.61 Å². The molecule has 2 aromatic heterocycles. The molecular weight excluding hydrogens is 262 g/mol. The molecule has 80 valence electrons. The van der Waals surface area contributed by atoms with Crippen molar-refractivity contribution in [3.8, 4) is 11.5 Å². The molecule has 0 aliphatic rings. The number of hydrogen-bond donors (Lipinski definition) is 1. The molecule has 0 unspecified atom stereocenters. The number of rotatable bonds is 3. The maximum Gasteiger partial charge on any atom is 0.169 e. The van der Waals surface area contributed by atoms with Crippen LogP contribution in [0.2, 0.25) is 0 Å². The maximum absolute atomic E-state index is 9.13. The van der Waals surface area contributed by atoms with Crippen LogP contribution in [0.5, 0.6) is 0 Å². The smallest absolute Gasteiger partial charge is 0.169 e. The maximum atomic E-state index is 9.13. The second-order valence-electron chi connectivity index (χ2n) is 2.96. The molecule has 0 aromatic carbocycles. The number of aliphatic hydroxyl groups is 1. The van der Waals surface area contributed by atoms with Gasteiger partial charge in [-0.2, -0.15) is 0 Å². The first kappa shape index (κ1) is 10.4. The predicted octanol–water partition coefficient (Wildman–Crippen LogP) is 1.81. The van der Waals surface area contributed by atoms with E-state index in [1.165, 1.54) is 0 Å². The van der Waals surface area contributed by atoms with E-state index in [4.69, 9.17) is 9.52 Å². The summed E-state index contributed by atoms with van der Waals surface area (Å²) in [6.45, 7) is 2.49. The zero-order valence-corrected chi connectivity index (χ0v) is 9.73. The Kier molecular flexibility index (Phi) is 2.88. The monoisotopic (exact) mass is 271 g/mol. The van der Waals surface area contributed by atoms with E-state index in [9.17, 15) is 0 Å². The second kappa shape index (κ2) is 4.16. The van der Waals surface area contributed by atoms with Crippen LogP contribution in [-0.4, -0.2) is 20.1 Å². The molecule has 0 aliphatic carbocycles. The largest absolute Gasteiger partial charge is 0.448 e. The number of nitrogens with zero attached hydrogens (tertiary/aromatic N) is 3. The minimum atomic E-state index is -0.145. The summed E-state index contributed by atoms with van der Waals surface area (Å²) in [5, 5.41) is 16.9. The summed E-state index contributed by atoms with van der Waals surface area (Å²) in [6, 6.07) is 3.61. The van der Waals surface area contributed by atoms with Crippen LogP contribution >= 0.6 is 15.9 Å². The van der Waals surface area contributed by atoms with E-state index in [1.807, 2.05) is 13.0 Å². The summed E-state index contributed by atoms with van der Waals surface area (Å²) in [5.74, 6) is 0.651. The number of aryl methyl sites for hydroxylation is 1. The van der Waals surface area contributed by atoms with Crippen LogP contribution < -0.4 is 0 Å². The van der Waals surface area contributed by atoms with Gasteiger partial charge in [-0.15, -0.1) is 5.10 Å². The average Bonchev–Trinajstić information content (AvgIpc) is 2.82. The Bertz CT molecular complexity index is 442. The number of hydrogen-bond acceptors (Lipinski definition) is 4. The van der Waals surface area contributed by atoms with E-state index >= 15 is 0 Å². The SMILES string of the molecule is CCn1nnc(CO)c1-c1ccc(Br)o1. The molecule has 6 heteroatoms. The van der Waals surface area contributed by atoms with Gasteiger partial charge in [0.25, 0.3) is 0 Å². The van der Waals surface area contributed by atoms with Gasteiger partial charge in [0.15, 0.2) is 10.4 Å². The first-order valence-corrected chi connectivity index (χ1v) is 5.34. The molecule has 1 N–H and O–H groups in total. The van der Waals surface area contributed by atoms with E-state index in [0.717, 1.165) is 5.69 Å². The molecule has 0 atom stereocenters. The topological polar surface area (TPSA) is 64.1 Å². The van der Waals surface area contributed by atoms with Crippen molar-refractivity contribution < 1.29 is 9.52 Å². The molecule has 15 heavy (non-hydrogen) atoms. The van der Waals surface area contributed by atoms with Crippen LogP contribution in [0.25, 0.3) is 11.5 Å². The number of aromatic nitrogens is 3. The third-order valence-electron chi connectivity index (χ3n) is 2.06. The van der Waals surface area contributed by atoms with Crippen LogP contribution in [0.1, 0.15) is 12.6 Å². The van der Waals surface area contributed by atoms with Crippen LogP contribution in [0, 0.1) is 0 Å². The van der Waals surface area contributed by atoms with Crippen molar-refractivity contribution in [2.75, 3.05) is 0 Å². The molecular formula is C9H10BrN3O2. The number of aliphatic hydroxyl groups excluding tert-OH is 1. The first-order chi connectivity index (χ1) is 7.26. The zero-order valence-electron chi connectivity index (χ0n) is 8.14. The first-order valence-electron chi connectivity index (χ1n) is 4.55. The molecule has 0 spiro atoms. The van der Waals surface area contributed by atoms with E-state index in [0.29, 0.717) is 22.7 Å². The van der Waals surface area contributed by atoms with E-state index in [2.05, 4.69) is 26.2 Å². The van der Waals surface area contributed by atoms with Gasteiger partial charge in [0.1, 0.15) is 11.4 Å². The fourth-order valence-electron chi connectivity index (χ4n) is 1.39. The van der Waals surface area contributed by atoms with Crippen LogP contribution in [0.3, 0.4) is 0 Å². The molecule has 5 nitrogen and oxygen atoms in total. The van der Waals surface area contributed by atoms with Gasteiger partial charge in [-0.1, -0.05) is 5.21 Å². The Morgan fingerprint density at radius 1 is 1.53 bits per heavy atom. The highest BCUT2D eigenvalue weighted by Crippen LogP contribution is 2.26. The average molecular weight is 272 g/mol. The third-order valence-corrected chi connectivity index (χ3v) is 2.49. The lowest BCUT2D eigenvalue weighted by Gasteiger charge is -2.00.